The summed E-state index contributed by atoms with van der Waals surface area (Å²) in [5, 5.41) is 7.03. The van der Waals surface area contributed by atoms with E-state index in [-0.39, 0.29) is 23.7 Å². The third-order valence-electron chi connectivity index (χ3n) is 1.14. The summed E-state index contributed by atoms with van der Waals surface area (Å²) in [5.41, 5.74) is 10.6. The van der Waals surface area contributed by atoms with Crippen molar-refractivity contribution in [1.29, 1.82) is 5.41 Å². The number of hydrogen-bond donors (Lipinski definition) is 3. The zero-order valence-electron chi connectivity index (χ0n) is 7.18. The highest BCUT2D eigenvalue weighted by molar-refractivity contribution is 6.17. The lowest BCUT2D eigenvalue weighted by molar-refractivity contribution is -0.137. The Bertz CT molecular complexity index is 229. The third kappa shape index (κ3) is 2.61. The number of carbonyl (C=O) groups excluding carboxylic acids is 1. The van der Waals surface area contributed by atoms with E-state index in [4.69, 9.17) is 16.9 Å². The molecule has 0 aromatic heterocycles. The van der Waals surface area contributed by atoms with Crippen molar-refractivity contribution in [3.05, 3.63) is 11.3 Å². The SMILES string of the molecule is CCOC(=O)/C(C(=N)N)=C(\C)N. The Morgan fingerprint density at radius 2 is 2.00 bits per heavy atom. The van der Waals surface area contributed by atoms with E-state index in [2.05, 4.69) is 4.74 Å². The van der Waals surface area contributed by atoms with Crippen molar-refractivity contribution in [1.82, 2.24) is 0 Å². The number of allylic oxidation sites excluding steroid dienone is 1. The Hall–Kier alpha value is -1.52. The van der Waals surface area contributed by atoms with Crippen molar-refractivity contribution in [3.8, 4) is 0 Å². The number of esters is 1. The minimum atomic E-state index is -0.648. The van der Waals surface area contributed by atoms with Gasteiger partial charge in [-0.1, -0.05) is 0 Å². The van der Waals surface area contributed by atoms with Crippen LogP contribution < -0.4 is 11.5 Å². The summed E-state index contributed by atoms with van der Waals surface area (Å²) in [5.74, 6) is -1.02. The molecule has 0 aromatic carbocycles. The van der Waals surface area contributed by atoms with Crippen LogP contribution in [0, 0.1) is 5.41 Å². The Morgan fingerprint density at radius 3 is 2.25 bits per heavy atom. The van der Waals surface area contributed by atoms with E-state index < -0.39 is 5.97 Å². The van der Waals surface area contributed by atoms with Gasteiger partial charge in [0.05, 0.1) is 6.61 Å². The first-order valence-electron chi connectivity index (χ1n) is 3.48. The van der Waals surface area contributed by atoms with Crippen LogP contribution in [-0.4, -0.2) is 18.4 Å². The standard InChI is InChI=1S/C7H13N3O2/c1-3-12-7(11)5(4(2)8)6(9)10/h3,8H2,1-2H3,(H3,9,10)/b5-4+. The van der Waals surface area contributed by atoms with Gasteiger partial charge in [0.15, 0.2) is 0 Å². The van der Waals surface area contributed by atoms with Gasteiger partial charge in [-0.2, -0.15) is 0 Å². The Balaban J connectivity index is 4.67. The Labute approximate surface area is 70.9 Å². The first-order chi connectivity index (χ1) is 5.50. The number of rotatable bonds is 3. The summed E-state index contributed by atoms with van der Waals surface area (Å²) in [6.07, 6.45) is 0. The summed E-state index contributed by atoms with van der Waals surface area (Å²) in [6.45, 7) is 3.40. The fraction of sp³-hybridized carbons (Fsp3) is 0.429. The van der Waals surface area contributed by atoms with Crippen LogP contribution in [-0.2, 0) is 9.53 Å². The average molecular weight is 171 g/mol. The van der Waals surface area contributed by atoms with E-state index in [1.165, 1.54) is 6.92 Å². The van der Waals surface area contributed by atoms with E-state index >= 15 is 0 Å². The number of carbonyl (C=O) groups is 1. The Morgan fingerprint density at radius 1 is 1.50 bits per heavy atom. The smallest absolute Gasteiger partial charge is 0.343 e. The van der Waals surface area contributed by atoms with E-state index in [0.717, 1.165) is 0 Å². The highest BCUT2D eigenvalue weighted by atomic mass is 16.5. The predicted molar refractivity (Wildman–Crippen MR) is 45.4 cm³/mol. The van der Waals surface area contributed by atoms with Gasteiger partial charge in [-0.3, -0.25) is 5.41 Å². The first kappa shape index (κ1) is 10.5. The van der Waals surface area contributed by atoms with Crippen LogP contribution in [0.5, 0.6) is 0 Å². The molecule has 0 fully saturated rings. The maximum absolute atomic E-state index is 11.0. The number of nitrogens with two attached hydrogens (primary N) is 2. The van der Waals surface area contributed by atoms with Crippen molar-refractivity contribution >= 4 is 11.8 Å². The van der Waals surface area contributed by atoms with E-state index in [1.54, 1.807) is 6.92 Å². The molecule has 0 saturated heterocycles. The van der Waals surface area contributed by atoms with E-state index in [1.807, 2.05) is 0 Å². The van der Waals surface area contributed by atoms with Gasteiger partial charge in [-0.15, -0.1) is 0 Å². The fourth-order valence-electron chi connectivity index (χ4n) is 0.687. The molecule has 0 aliphatic rings. The largest absolute Gasteiger partial charge is 0.462 e. The number of amidine groups is 1. The second kappa shape index (κ2) is 4.38. The summed E-state index contributed by atoms with van der Waals surface area (Å²) in [6, 6.07) is 0. The molecule has 0 atom stereocenters. The summed E-state index contributed by atoms with van der Waals surface area (Å²) in [4.78, 5) is 11.0. The highest BCUT2D eigenvalue weighted by Crippen LogP contribution is 2.00. The molecular formula is C7H13N3O2. The number of hydrogen-bond acceptors (Lipinski definition) is 4. The minimum absolute atomic E-state index is 0.0585. The normalized spacial score (nSPS) is 11.8. The van der Waals surface area contributed by atoms with Crippen LogP contribution in [0.2, 0.25) is 0 Å². The molecule has 0 aliphatic carbocycles. The molecule has 0 aromatic rings. The second-order valence-corrected chi connectivity index (χ2v) is 2.19. The summed E-state index contributed by atoms with van der Waals surface area (Å²) < 4.78 is 4.63. The first-order valence-corrected chi connectivity index (χ1v) is 3.48. The molecule has 12 heavy (non-hydrogen) atoms. The van der Waals surface area contributed by atoms with Gasteiger partial charge in [-0.25, -0.2) is 4.79 Å². The summed E-state index contributed by atoms with van der Waals surface area (Å²) >= 11 is 0. The van der Waals surface area contributed by atoms with Gasteiger partial charge in [-0.05, 0) is 13.8 Å². The lowest BCUT2D eigenvalue weighted by atomic mass is 10.2. The van der Waals surface area contributed by atoms with Crippen LogP contribution in [0.3, 0.4) is 0 Å². The monoisotopic (exact) mass is 171 g/mol. The van der Waals surface area contributed by atoms with Gasteiger partial charge in [0, 0.05) is 5.70 Å². The maximum atomic E-state index is 11.0. The molecule has 0 spiro atoms. The van der Waals surface area contributed by atoms with Crippen LogP contribution in [0.15, 0.2) is 11.3 Å². The van der Waals surface area contributed by atoms with Crippen LogP contribution in [0.4, 0.5) is 0 Å². The molecule has 0 rings (SSSR count). The number of ether oxygens (including phenoxy) is 1. The predicted octanol–water partition coefficient (Wildman–Crippen LogP) is -0.282. The van der Waals surface area contributed by atoms with Crippen molar-refractivity contribution in [2.24, 2.45) is 11.5 Å². The quantitative estimate of drug-likeness (QED) is 0.235. The lowest BCUT2D eigenvalue weighted by Gasteiger charge is -2.05. The molecule has 0 unspecified atom stereocenters. The lowest BCUT2D eigenvalue weighted by Crippen LogP contribution is -2.25. The molecule has 0 radical (unpaired) electrons. The van der Waals surface area contributed by atoms with E-state index in [0.29, 0.717) is 0 Å². The molecule has 0 saturated carbocycles. The zero-order valence-corrected chi connectivity index (χ0v) is 7.18. The maximum Gasteiger partial charge on any atom is 0.343 e. The molecule has 5 N–H and O–H groups in total. The molecule has 0 aliphatic heterocycles. The second-order valence-electron chi connectivity index (χ2n) is 2.19. The molecule has 68 valence electrons. The number of nitrogens with one attached hydrogen (secondary N) is 1. The molecule has 5 heteroatoms. The molecular weight excluding hydrogens is 158 g/mol. The van der Waals surface area contributed by atoms with Gasteiger partial charge >= 0.3 is 5.97 Å². The highest BCUT2D eigenvalue weighted by Gasteiger charge is 2.15. The average Bonchev–Trinajstić information content (AvgIpc) is 1.85. The van der Waals surface area contributed by atoms with Gasteiger partial charge in [0.2, 0.25) is 0 Å². The van der Waals surface area contributed by atoms with Gasteiger partial charge in [0.25, 0.3) is 0 Å². The fourth-order valence-corrected chi connectivity index (χ4v) is 0.687. The molecule has 0 bridgehead atoms. The van der Waals surface area contributed by atoms with Crippen molar-refractivity contribution < 1.29 is 9.53 Å². The van der Waals surface area contributed by atoms with Crippen molar-refractivity contribution in [3.63, 3.8) is 0 Å². The van der Waals surface area contributed by atoms with Gasteiger partial charge < -0.3 is 16.2 Å². The molecule has 5 nitrogen and oxygen atoms in total. The van der Waals surface area contributed by atoms with E-state index in [9.17, 15) is 4.79 Å². The van der Waals surface area contributed by atoms with Crippen LogP contribution in [0.1, 0.15) is 13.8 Å². The molecule has 0 amide bonds. The minimum Gasteiger partial charge on any atom is -0.462 e. The van der Waals surface area contributed by atoms with Crippen LogP contribution in [0.25, 0.3) is 0 Å². The molecule has 0 heterocycles. The van der Waals surface area contributed by atoms with Crippen LogP contribution >= 0.6 is 0 Å². The topological polar surface area (TPSA) is 102 Å². The zero-order chi connectivity index (χ0) is 9.72. The van der Waals surface area contributed by atoms with Gasteiger partial charge in [0.1, 0.15) is 11.4 Å². The Kier molecular flexibility index (Phi) is 3.82. The van der Waals surface area contributed by atoms with Crippen molar-refractivity contribution in [2.45, 2.75) is 13.8 Å². The summed E-state index contributed by atoms with van der Waals surface area (Å²) in [7, 11) is 0. The third-order valence-corrected chi connectivity index (χ3v) is 1.14. The van der Waals surface area contributed by atoms with Crippen molar-refractivity contribution in [2.75, 3.05) is 6.61 Å².